The Balaban J connectivity index is 1.55. The SMILES string of the molecule is CCNC(=NCC1(OC)CCOCC1)N1CCN(Cc2ccon2)CC1. The number of guanidine groups is 1. The number of hydrogen-bond acceptors (Lipinski definition) is 6. The second-order valence-electron chi connectivity index (χ2n) is 6.92. The number of rotatable bonds is 6. The lowest BCUT2D eigenvalue weighted by atomic mass is 9.94. The predicted octanol–water partition coefficient (Wildman–Crippen LogP) is 0.953. The molecule has 8 heteroatoms. The van der Waals surface area contributed by atoms with Gasteiger partial charge >= 0.3 is 0 Å². The molecule has 1 aromatic rings. The Labute approximate surface area is 155 Å². The molecule has 0 radical (unpaired) electrons. The topological polar surface area (TPSA) is 75.4 Å². The van der Waals surface area contributed by atoms with E-state index in [1.165, 1.54) is 0 Å². The standard InChI is InChI=1S/C18H31N5O3/c1-3-19-17(20-15-18(24-2)5-12-25-13-6-18)23-9-7-22(8-10-23)14-16-4-11-26-21-16/h4,11H,3,5-10,12-15H2,1-2H3,(H,19,20). The quantitative estimate of drug-likeness (QED) is 0.594. The monoisotopic (exact) mass is 365 g/mol. The second-order valence-corrected chi connectivity index (χ2v) is 6.92. The molecular formula is C18H31N5O3. The number of aromatic nitrogens is 1. The first-order valence-corrected chi connectivity index (χ1v) is 9.52. The Bertz CT molecular complexity index is 549. The summed E-state index contributed by atoms with van der Waals surface area (Å²) < 4.78 is 16.2. The molecule has 0 amide bonds. The lowest BCUT2D eigenvalue weighted by Gasteiger charge is -2.38. The molecule has 8 nitrogen and oxygen atoms in total. The van der Waals surface area contributed by atoms with Crippen molar-refractivity contribution in [2.24, 2.45) is 4.99 Å². The van der Waals surface area contributed by atoms with Gasteiger partial charge in [0.1, 0.15) is 6.26 Å². The highest BCUT2D eigenvalue weighted by Gasteiger charge is 2.32. The maximum Gasteiger partial charge on any atom is 0.194 e. The van der Waals surface area contributed by atoms with E-state index < -0.39 is 0 Å². The third-order valence-electron chi connectivity index (χ3n) is 5.24. The van der Waals surface area contributed by atoms with Crippen LogP contribution in [0.25, 0.3) is 0 Å². The molecule has 0 spiro atoms. The van der Waals surface area contributed by atoms with E-state index in [9.17, 15) is 0 Å². The maximum atomic E-state index is 5.81. The minimum atomic E-state index is -0.187. The lowest BCUT2D eigenvalue weighted by molar-refractivity contribution is -0.0829. The summed E-state index contributed by atoms with van der Waals surface area (Å²) in [6.07, 6.45) is 3.43. The van der Waals surface area contributed by atoms with Gasteiger partial charge in [-0.15, -0.1) is 0 Å². The normalized spacial score (nSPS) is 21.8. The summed E-state index contributed by atoms with van der Waals surface area (Å²) in [5.41, 5.74) is 0.800. The van der Waals surface area contributed by atoms with Crippen LogP contribution in [-0.4, -0.2) is 86.1 Å². The van der Waals surface area contributed by atoms with E-state index in [0.717, 1.165) is 77.0 Å². The molecule has 0 aliphatic carbocycles. The summed E-state index contributed by atoms with van der Waals surface area (Å²) in [7, 11) is 1.79. The van der Waals surface area contributed by atoms with Crippen LogP contribution in [0.15, 0.2) is 21.8 Å². The zero-order valence-corrected chi connectivity index (χ0v) is 15.9. The minimum Gasteiger partial charge on any atom is -0.381 e. The van der Waals surface area contributed by atoms with E-state index >= 15 is 0 Å². The number of hydrogen-bond donors (Lipinski definition) is 1. The summed E-state index contributed by atoms with van der Waals surface area (Å²) in [5, 5.41) is 7.44. The molecule has 146 valence electrons. The Hall–Kier alpha value is -1.64. The van der Waals surface area contributed by atoms with E-state index in [1.807, 2.05) is 6.07 Å². The number of piperazine rings is 1. The van der Waals surface area contributed by atoms with Crippen molar-refractivity contribution in [3.05, 3.63) is 18.0 Å². The smallest absolute Gasteiger partial charge is 0.194 e. The lowest BCUT2D eigenvalue weighted by Crippen LogP contribution is -2.52. The van der Waals surface area contributed by atoms with Crippen LogP contribution in [-0.2, 0) is 16.0 Å². The van der Waals surface area contributed by atoms with Gasteiger partial charge in [-0.05, 0) is 6.92 Å². The summed E-state index contributed by atoms with van der Waals surface area (Å²) in [4.78, 5) is 9.64. The third kappa shape index (κ3) is 4.96. The Morgan fingerprint density at radius 2 is 2.08 bits per heavy atom. The molecule has 0 aromatic carbocycles. The van der Waals surface area contributed by atoms with Crippen molar-refractivity contribution in [2.75, 3.05) is 59.6 Å². The summed E-state index contributed by atoms with van der Waals surface area (Å²) in [6, 6.07) is 1.93. The minimum absolute atomic E-state index is 0.187. The van der Waals surface area contributed by atoms with E-state index in [-0.39, 0.29) is 5.60 Å². The molecule has 0 atom stereocenters. The number of nitrogens with one attached hydrogen (secondary N) is 1. The van der Waals surface area contributed by atoms with Crippen molar-refractivity contribution < 1.29 is 14.0 Å². The fraction of sp³-hybridized carbons (Fsp3) is 0.778. The maximum absolute atomic E-state index is 5.81. The van der Waals surface area contributed by atoms with Crippen molar-refractivity contribution >= 4 is 5.96 Å². The van der Waals surface area contributed by atoms with Crippen LogP contribution in [0.5, 0.6) is 0 Å². The summed E-state index contributed by atoms with van der Waals surface area (Å²) in [5.74, 6) is 0.983. The van der Waals surface area contributed by atoms with E-state index in [4.69, 9.17) is 19.0 Å². The van der Waals surface area contributed by atoms with Gasteiger partial charge in [-0.25, -0.2) is 0 Å². The van der Waals surface area contributed by atoms with Gasteiger partial charge in [0.2, 0.25) is 0 Å². The highest BCUT2D eigenvalue weighted by molar-refractivity contribution is 5.80. The third-order valence-corrected chi connectivity index (χ3v) is 5.24. The second kappa shape index (κ2) is 9.34. The van der Waals surface area contributed by atoms with Crippen molar-refractivity contribution in [3.8, 4) is 0 Å². The fourth-order valence-electron chi connectivity index (χ4n) is 3.48. The number of aliphatic imine (C=N–C) groups is 1. The number of ether oxygens (including phenoxy) is 2. The Kier molecular flexibility index (Phi) is 6.87. The van der Waals surface area contributed by atoms with Gasteiger partial charge in [0.15, 0.2) is 5.96 Å². The molecule has 1 N–H and O–H groups in total. The largest absolute Gasteiger partial charge is 0.381 e. The molecular weight excluding hydrogens is 334 g/mol. The molecule has 0 saturated carbocycles. The molecule has 0 unspecified atom stereocenters. The van der Waals surface area contributed by atoms with Crippen LogP contribution < -0.4 is 5.32 Å². The van der Waals surface area contributed by atoms with Crippen molar-refractivity contribution in [1.82, 2.24) is 20.3 Å². The van der Waals surface area contributed by atoms with Crippen LogP contribution in [0.4, 0.5) is 0 Å². The zero-order chi connectivity index (χ0) is 18.2. The molecule has 2 aliphatic rings. The summed E-state index contributed by atoms with van der Waals surface area (Å²) >= 11 is 0. The number of nitrogens with zero attached hydrogens (tertiary/aromatic N) is 4. The van der Waals surface area contributed by atoms with Gasteiger partial charge in [-0.2, -0.15) is 0 Å². The van der Waals surface area contributed by atoms with E-state index in [1.54, 1.807) is 13.4 Å². The Morgan fingerprint density at radius 3 is 2.69 bits per heavy atom. The van der Waals surface area contributed by atoms with Gasteiger partial charge in [0.05, 0.1) is 17.8 Å². The van der Waals surface area contributed by atoms with Crippen LogP contribution in [0.1, 0.15) is 25.5 Å². The summed E-state index contributed by atoms with van der Waals surface area (Å²) in [6.45, 7) is 9.86. The van der Waals surface area contributed by atoms with Gasteiger partial charge in [0.25, 0.3) is 0 Å². The van der Waals surface area contributed by atoms with Crippen LogP contribution in [0, 0.1) is 0 Å². The molecule has 0 bridgehead atoms. The highest BCUT2D eigenvalue weighted by atomic mass is 16.5. The molecule has 26 heavy (non-hydrogen) atoms. The van der Waals surface area contributed by atoms with Gasteiger partial charge < -0.3 is 24.2 Å². The molecule has 3 rings (SSSR count). The zero-order valence-electron chi connectivity index (χ0n) is 15.9. The predicted molar refractivity (Wildman–Crippen MR) is 99.1 cm³/mol. The first kappa shape index (κ1) is 19.1. The van der Waals surface area contributed by atoms with Crippen LogP contribution in [0.3, 0.4) is 0 Å². The molecule has 3 heterocycles. The van der Waals surface area contributed by atoms with Gasteiger partial charge in [-0.1, -0.05) is 5.16 Å². The first-order valence-electron chi connectivity index (χ1n) is 9.52. The highest BCUT2D eigenvalue weighted by Crippen LogP contribution is 2.25. The molecule has 1 aromatic heterocycles. The average Bonchev–Trinajstić information content (AvgIpc) is 3.20. The van der Waals surface area contributed by atoms with Crippen molar-refractivity contribution in [2.45, 2.75) is 31.9 Å². The van der Waals surface area contributed by atoms with E-state index in [0.29, 0.717) is 6.54 Å². The van der Waals surface area contributed by atoms with Crippen LogP contribution in [0.2, 0.25) is 0 Å². The first-order chi connectivity index (χ1) is 12.7. The molecule has 2 fully saturated rings. The van der Waals surface area contributed by atoms with Crippen molar-refractivity contribution in [3.63, 3.8) is 0 Å². The van der Waals surface area contributed by atoms with Crippen molar-refractivity contribution in [1.29, 1.82) is 0 Å². The number of methoxy groups -OCH3 is 1. The fourth-order valence-corrected chi connectivity index (χ4v) is 3.48. The average molecular weight is 365 g/mol. The van der Waals surface area contributed by atoms with Gasteiger partial charge in [0, 0.05) is 78.5 Å². The Morgan fingerprint density at radius 1 is 1.31 bits per heavy atom. The molecule has 2 aliphatic heterocycles. The molecule has 2 saturated heterocycles. The van der Waals surface area contributed by atoms with Crippen LogP contribution >= 0.6 is 0 Å². The van der Waals surface area contributed by atoms with E-state index in [2.05, 4.69) is 27.2 Å². The van der Waals surface area contributed by atoms with Gasteiger partial charge in [-0.3, -0.25) is 9.89 Å².